The highest BCUT2D eigenvalue weighted by Gasteiger charge is 2.12. The first-order valence-electron chi connectivity index (χ1n) is 5.72. The highest BCUT2D eigenvalue weighted by molar-refractivity contribution is 7.98. The van der Waals surface area contributed by atoms with Gasteiger partial charge in [0.25, 0.3) is 5.43 Å². The third-order valence-electron chi connectivity index (χ3n) is 2.80. The Kier molecular flexibility index (Phi) is 4.50. The fourth-order valence-electron chi connectivity index (χ4n) is 1.81. The molecule has 1 aromatic heterocycles. The number of thioether (sulfide) groups is 1. The molecule has 0 saturated carbocycles. The minimum absolute atomic E-state index is 0.291. The monoisotopic (exact) mass is 296 g/mol. The summed E-state index contributed by atoms with van der Waals surface area (Å²) in [4.78, 5) is 23.2. The lowest BCUT2D eigenvalue weighted by Crippen LogP contribution is -2.28. The van der Waals surface area contributed by atoms with E-state index in [-0.39, 0.29) is 0 Å². The minimum Gasteiger partial charge on any atom is -0.305 e. The molecule has 0 aliphatic rings. The molecule has 0 fully saturated rings. The maximum absolute atomic E-state index is 11.8. The van der Waals surface area contributed by atoms with Gasteiger partial charge < -0.3 is 5.10 Å². The van der Waals surface area contributed by atoms with Crippen molar-refractivity contribution in [3.63, 3.8) is 0 Å². The number of aromatic nitrogens is 2. The fourth-order valence-corrected chi connectivity index (χ4v) is 2.56. The van der Waals surface area contributed by atoms with Gasteiger partial charge in [-0.25, -0.2) is 0 Å². The van der Waals surface area contributed by atoms with Crippen molar-refractivity contribution in [2.24, 2.45) is 0 Å². The summed E-state index contributed by atoms with van der Waals surface area (Å²) in [6.07, 6.45) is 4.32. The molecule has 2 rings (SSSR count). The zero-order valence-electron chi connectivity index (χ0n) is 10.3. The van der Waals surface area contributed by atoms with Gasteiger partial charge in [0.1, 0.15) is 0 Å². The molecule has 0 aliphatic carbocycles. The Morgan fingerprint density at radius 1 is 1.26 bits per heavy atom. The summed E-state index contributed by atoms with van der Waals surface area (Å²) in [6, 6.07) is 5.52. The quantitative estimate of drug-likeness (QED) is 0.851. The average Bonchev–Trinajstić information content (AvgIpc) is 2.41. The number of hydrogen-bond donors (Lipinski definition) is 2. The smallest absolute Gasteiger partial charge is 0.305 e. The Hall–Kier alpha value is -1.46. The summed E-state index contributed by atoms with van der Waals surface area (Å²) in [5, 5.41) is 5.33. The lowest BCUT2D eigenvalue weighted by Gasteiger charge is -2.08. The molecule has 2 aromatic rings. The summed E-state index contributed by atoms with van der Waals surface area (Å²) in [7, 11) is 0. The number of aryl methyl sites for hydroxylation is 1. The highest BCUT2D eigenvalue weighted by atomic mass is 35.5. The molecule has 0 spiro atoms. The van der Waals surface area contributed by atoms with Crippen LogP contribution >= 0.6 is 23.4 Å². The Morgan fingerprint density at radius 2 is 2.05 bits per heavy atom. The standard InChI is InChI=1S/C13H13ClN2O2S/c1-19-6-5-8-3-2-4-9(11(8)14)10-7-15-16-13(18)12(10)17/h2-4,7H,5-6H2,1H3,(H,15,17)(H,16,18). The van der Waals surface area contributed by atoms with Crippen molar-refractivity contribution in [1.82, 2.24) is 10.2 Å². The zero-order chi connectivity index (χ0) is 13.8. The highest BCUT2D eigenvalue weighted by Crippen LogP contribution is 2.28. The van der Waals surface area contributed by atoms with E-state index in [4.69, 9.17) is 11.6 Å². The lowest BCUT2D eigenvalue weighted by molar-refractivity contribution is 0.975. The van der Waals surface area contributed by atoms with Crippen LogP contribution in [0.5, 0.6) is 0 Å². The van der Waals surface area contributed by atoms with Crippen LogP contribution in [-0.4, -0.2) is 22.2 Å². The number of nitrogens with one attached hydrogen (secondary N) is 2. The predicted octanol–water partition coefficient (Wildman–Crippen LogP) is 2.29. The second-order valence-electron chi connectivity index (χ2n) is 4.01. The van der Waals surface area contributed by atoms with E-state index in [0.717, 1.165) is 17.7 Å². The van der Waals surface area contributed by atoms with Gasteiger partial charge in [-0.3, -0.25) is 14.7 Å². The third-order valence-corrected chi connectivity index (χ3v) is 3.86. The molecule has 0 radical (unpaired) electrons. The molecule has 6 heteroatoms. The summed E-state index contributed by atoms with van der Waals surface area (Å²) in [5.74, 6) is 0.953. The van der Waals surface area contributed by atoms with E-state index in [1.807, 2.05) is 18.4 Å². The van der Waals surface area contributed by atoms with Crippen LogP contribution < -0.4 is 11.0 Å². The summed E-state index contributed by atoms with van der Waals surface area (Å²) in [5.41, 5.74) is 0.603. The predicted molar refractivity (Wildman–Crippen MR) is 80.2 cm³/mol. The molecular formula is C13H13ClN2O2S. The number of benzene rings is 1. The van der Waals surface area contributed by atoms with Gasteiger partial charge in [-0.2, -0.15) is 11.8 Å². The number of hydrogen-bond acceptors (Lipinski definition) is 3. The molecule has 0 unspecified atom stereocenters. The summed E-state index contributed by atoms with van der Waals surface area (Å²) >= 11 is 8.06. The summed E-state index contributed by atoms with van der Waals surface area (Å²) in [6.45, 7) is 0. The van der Waals surface area contributed by atoms with Gasteiger partial charge in [-0.15, -0.1) is 0 Å². The van der Waals surface area contributed by atoms with Gasteiger partial charge in [0.15, 0.2) is 0 Å². The molecule has 0 amide bonds. The molecule has 100 valence electrons. The molecule has 2 N–H and O–H groups in total. The van der Waals surface area contributed by atoms with E-state index in [1.165, 1.54) is 6.20 Å². The molecule has 0 saturated heterocycles. The molecule has 0 aliphatic heterocycles. The first-order chi connectivity index (χ1) is 9.15. The van der Waals surface area contributed by atoms with Crippen molar-refractivity contribution in [2.75, 3.05) is 12.0 Å². The maximum atomic E-state index is 11.8. The van der Waals surface area contributed by atoms with E-state index in [9.17, 15) is 9.59 Å². The normalized spacial score (nSPS) is 10.6. The van der Waals surface area contributed by atoms with Crippen LogP contribution in [0.15, 0.2) is 34.0 Å². The van der Waals surface area contributed by atoms with Gasteiger partial charge in [0, 0.05) is 11.8 Å². The van der Waals surface area contributed by atoms with Gasteiger partial charge in [0.2, 0.25) is 0 Å². The van der Waals surface area contributed by atoms with Gasteiger partial charge >= 0.3 is 5.56 Å². The molecule has 1 aromatic carbocycles. The van der Waals surface area contributed by atoms with E-state index in [0.29, 0.717) is 16.1 Å². The SMILES string of the molecule is CSCCc1cccc(-c2c[nH][nH]c(=O)c2=O)c1Cl. The number of halogens is 1. The number of rotatable bonds is 4. The first kappa shape index (κ1) is 14.0. The average molecular weight is 297 g/mol. The molecule has 0 bridgehead atoms. The molecule has 19 heavy (non-hydrogen) atoms. The second-order valence-corrected chi connectivity index (χ2v) is 5.37. The first-order valence-corrected chi connectivity index (χ1v) is 7.49. The maximum Gasteiger partial charge on any atom is 0.310 e. The van der Waals surface area contributed by atoms with Crippen molar-refractivity contribution < 1.29 is 0 Å². The molecular weight excluding hydrogens is 284 g/mol. The largest absolute Gasteiger partial charge is 0.310 e. The lowest BCUT2D eigenvalue weighted by atomic mass is 10.0. The van der Waals surface area contributed by atoms with Crippen molar-refractivity contribution in [3.8, 4) is 11.1 Å². The zero-order valence-corrected chi connectivity index (χ0v) is 11.9. The van der Waals surface area contributed by atoms with E-state index >= 15 is 0 Å². The Balaban J connectivity index is 2.54. The van der Waals surface area contributed by atoms with Gasteiger partial charge in [0.05, 0.1) is 10.6 Å². The van der Waals surface area contributed by atoms with E-state index in [2.05, 4.69) is 10.2 Å². The van der Waals surface area contributed by atoms with Crippen molar-refractivity contribution in [3.05, 3.63) is 55.6 Å². The molecule has 0 atom stereocenters. The van der Waals surface area contributed by atoms with Gasteiger partial charge in [-0.05, 0) is 24.0 Å². The Morgan fingerprint density at radius 3 is 2.79 bits per heavy atom. The van der Waals surface area contributed by atoms with E-state index < -0.39 is 11.0 Å². The Bertz CT molecular complexity index is 694. The van der Waals surface area contributed by atoms with Gasteiger partial charge in [-0.1, -0.05) is 29.8 Å². The van der Waals surface area contributed by atoms with Crippen LogP contribution in [0, 0.1) is 0 Å². The van der Waals surface area contributed by atoms with Crippen LogP contribution in [0.25, 0.3) is 11.1 Å². The molecule has 1 heterocycles. The third kappa shape index (κ3) is 2.93. The van der Waals surface area contributed by atoms with Crippen LogP contribution in [0.3, 0.4) is 0 Å². The van der Waals surface area contributed by atoms with Crippen LogP contribution in [0.4, 0.5) is 0 Å². The second kappa shape index (κ2) is 6.12. The Labute approximate surface area is 119 Å². The van der Waals surface area contributed by atoms with Crippen LogP contribution in [0.2, 0.25) is 5.02 Å². The number of aromatic amines is 2. The van der Waals surface area contributed by atoms with Crippen molar-refractivity contribution in [2.45, 2.75) is 6.42 Å². The van der Waals surface area contributed by atoms with E-state index in [1.54, 1.807) is 17.8 Å². The molecule has 4 nitrogen and oxygen atoms in total. The van der Waals surface area contributed by atoms with Crippen molar-refractivity contribution in [1.29, 1.82) is 0 Å². The van der Waals surface area contributed by atoms with Crippen LogP contribution in [-0.2, 0) is 6.42 Å². The number of H-pyrrole nitrogens is 2. The van der Waals surface area contributed by atoms with Crippen LogP contribution in [0.1, 0.15) is 5.56 Å². The fraction of sp³-hybridized carbons (Fsp3) is 0.231. The topological polar surface area (TPSA) is 65.7 Å². The minimum atomic E-state index is -0.678. The van der Waals surface area contributed by atoms with Crippen molar-refractivity contribution >= 4 is 23.4 Å². The summed E-state index contributed by atoms with van der Waals surface area (Å²) < 4.78 is 0.